The van der Waals surface area contributed by atoms with Gasteiger partial charge in [0.25, 0.3) is 0 Å². The first-order chi connectivity index (χ1) is 10.9. The molecule has 0 saturated heterocycles. The van der Waals surface area contributed by atoms with Gasteiger partial charge < -0.3 is 9.67 Å². The molecule has 0 fully saturated rings. The second-order valence-electron chi connectivity index (χ2n) is 4.96. The quantitative estimate of drug-likeness (QED) is 0.635. The molecule has 1 aromatic heterocycles. The van der Waals surface area contributed by atoms with Gasteiger partial charge in [0.15, 0.2) is 5.78 Å². The van der Waals surface area contributed by atoms with Gasteiger partial charge in [0, 0.05) is 17.6 Å². The summed E-state index contributed by atoms with van der Waals surface area (Å²) in [5.74, 6) is -2.61. The number of benzene rings is 1. The number of ketones is 1. The van der Waals surface area contributed by atoms with Crippen molar-refractivity contribution in [1.29, 1.82) is 0 Å². The average Bonchev–Trinajstić information content (AvgIpc) is 2.53. The van der Waals surface area contributed by atoms with E-state index >= 15 is 0 Å². The number of fused-ring (bicyclic) bond motifs is 1. The highest BCUT2D eigenvalue weighted by atomic mass is 79.9. The Morgan fingerprint density at radius 3 is 2.43 bits per heavy atom. The molecule has 0 saturated carbocycles. The van der Waals surface area contributed by atoms with Crippen molar-refractivity contribution in [1.82, 2.24) is 4.57 Å². The molecule has 23 heavy (non-hydrogen) atoms. The number of hydrogen-bond donors (Lipinski definition) is 1. The minimum atomic E-state index is -1.34. The number of Topliss-reactive ketones (excluding diaryl/α,β-unsaturated/α-hetero) is 1. The van der Waals surface area contributed by atoms with Gasteiger partial charge in [-0.15, -0.1) is 0 Å². The second kappa shape index (κ2) is 6.62. The Bertz CT molecular complexity index is 873. The lowest BCUT2D eigenvalue weighted by Crippen LogP contribution is -2.24. The maximum atomic E-state index is 14.2. The van der Waals surface area contributed by atoms with Crippen LogP contribution in [0.15, 0.2) is 16.9 Å². The molecule has 0 bridgehead atoms. The largest absolute Gasteiger partial charge is 0.477 e. The number of carboxylic acid groups (broad SMARTS) is 1. The van der Waals surface area contributed by atoms with Gasteiger partial charge in [-0.3, -0.25) is 9.59 Å². The van der Waals surface area contributed by atoms with Crippen molar-refractivity contribution < 1.29 is 19.1 Å². The van der Waals surface area contributed by atoms with Crippen molar-refractivity contribution in [3.8, 4) is 0 Å². The highest BCUT2D eigenvalue weighted by Crippen LogP contribution is 2.22. The van der Waals surface area contributed by atoms with Crippen LogP contribution >= 0.6 is 15.9 Å². The summed E-state index contributed by atoms with van der Waals surface area (Å²) in [5, 5.41) is 9.26. The lowest BCUT2D eigenvalue weighted by molar-refractivity contribution is 0.0693. The predicted octanol–water partition coefficient (Wildman–Crippen LogP) is 3.00. The van der Waals surface area contributed by atoms with E-state index in [1.807, 2.05) is 0 Å². The first kappa shape index (κ1) is 17.3. The molecular formula is C16H15BrFNO4. The topological polar surface area (TPSA) is 76.4 Å². The number of carbonyl (C=O) groups is 2. The highest BCUT2D eigenvalue weighted by Gasteiger charge is 2.22. The Morgan fingerprint density at radius 1 is 1.30 bits per heavy atom. The number of aryl methyl sites for hydroxylation is 1. The van der Waals surface area contributed by atoms with Crippen molar-refractivity contribution >= 4 is 38.6 Å². The predicted molar refractivity (Wildman–Crippen MR) is 88.3 cm³/mol. The molecule has 122 valence electrons. The zero-order valence-corrected chi connectivity index (χ0v) is 14.2. The van der Waals surface area contributed by atoms with Crippen molar-refractivity contribution in [2.75, 3.05) is 5.33 Å². The van der Waals surface area contributed by atoms with Crippen LogP contribution in [0.1, 0.15) is 40.3 Å². The van der Waals surface area contributed by atoms with Crippen LogP contribution in [0.5, 0.6) is 0 Å². The highest BCUT2D eigenvalue weighted by molar-refractivity contribution is 9.09. The Morgan fingerprint density at radius 2 is 1.96 bits per heavy atom. The number of halogens is 2. The summed E-state index contributed by atoms with van der Waals surface area (Å²) in [5.41, 5.74) is -0.473. The van der Waals surface area contributed by atoms with Gasteiger partial charge in [-0.05, 0) is 25.5 Å². The summed E-state index contributed by atoms with van der Waals surface area (Å²) in [6.45, 7) is 3.94. The van der Waals surface area contributed by atoms with Crippen LogP contribution in [-0.2, 0) is 13.0 Å². The van der Waals surface area contributed by atoms with Crippen molar-refractivity contribution in [3.63, 3.8) is 0 Å². The first-order valence-electron chi connectivity index (χ1n) is 7.08. The maximum Gasteiger partial charge on any atom is 0.341 e. The fraction of sp³-hybridized carbons (Fsp3) is 0.312. The third-order valence-electron chi connectivity index (χ3n) is 3.75. The Hall–Kier alpha value is -2.02. The number of aromatic carboxylic acids is 1. The molecule has 0 radical (unpaired) electrons. The SMILES string of the molecule is CCc1c(C(=O)O)c(=O)c2cc(F)c(C(=O)CBr)cc2n1CC. The number of aromatic nitrogens is 1. The van der Waals surface area contributed by atoms with Crippen LogP contribution in [-0.4, -0.2) is 26.8 Å². The van der Waals surface area contributed by atoms with Crippen molar-refractivity contribution in [2.45, 2.75) is 26.8 Å². The third-order valence-corrected chi connectivity index (χ3v) is 4.26. The van der Waals surface area contributed by atoms with Crippen molar-refractivity contribution in [2.24, 2.45) is 0 Å². The fourth-order valence-corrected chi connectivity index (χ4v) is 3.05. The van der Waals surface area contributed by atoms with E-state index in [2.05, 4.69) is 15.9 Å². The van der Waals surface area contributed by atoms with E-state index in [-0.39, 0.29) is 21.8 Å². The smallest absolute Gasteiger partial charge is 0.341 e. The molecule has 5 nitrogen and oxygen atoms in total. The van der Waals surface area contributed by atoms with Crippen LogP contribution < -0.4 is 5.43 Å². The van der Waals surface area contributed by atoms with E-state index < -0.39 is 23.0 Å². The molecule has 0 atom stereocenters. The molecule has 1 heterocycles. The standard InChI is InChI=1S/C16H15BrFNO4/c1-3-11-14(16(22)23)15(21)9-5-10(18)8(13(20)7-17)6-12(9)19(11)4-2/h5-6H,3-4,7H2,1-2H3,(H,22,23). The number of rotatable bonds is 5. The Kier molecular flexibility index (Phi) is 4.99. The van der Waals surface area contributed by atoms with Gasteiger partial charge in [-0.25, -0.2) is 9.18 Å². The summed E-state index contributed by atoms with van der Waals surface area (Å²) in [6.07, 6.45) is 0.333. The maximum absolute atomic E-state index is 14.2. The van der Waals surface area contributed by atoms with E-state index in [0.717, 1.165) is 6.07 Å². The molecule has 0 aliphatic heterocycles. The van der Waals surface area contributed by atoms with Gasteiger partial charge in [-0.2, -0.15) is 0 Å². The number of nitrogens with zero attached hydrogens (tertiary/aromatic N) is 1. The van der Waals surface area contributed by atoms with Crippen molar-refractivity contribution in [3.05, 3.63) is 45.0 Å². The molecule has 1 aromatic carbocycles. The van der Waals surface area contributed by atoms with E-state index in [4.69, 9.17) is 0 Å². The Labute approximate surface area is 139 Å². The van der Waals surface area contributed by atoms with E-state index in [1.165, 1.54) is 6.07 Å². The van der Waals surface area contributed by atoms with Crippen LogP contribution in [0.3, 0.4) is 0 Å². The number of hydrogen-bond acceptors (Lipinski definition) is 3. The van der Waals surface area contributed by atoms with Crippen LogP contribution in [0, 0.1) is 5.82 Å². The summed E-state index contributed by atoms with van der Waals surface area (Å²) in [4.78, 5) is 35.7. The number of carbonyl (C=O) groups excluding carboxylic acids is 1. The zero-order chi connectivity index (χ0) is 17.3. The van der Waals surface area contributed by atoms with E-state index in [9.17, 15) is 23.9 Å². The lowest BCUT2D eigenvalue weighted by atomic mass is 10.0. The molecule has 0 aliphatic rings. The number of alkyl halides is 1. The summed E-state index contributed by atoms with van der Waals surface area (Å²) in [6, 6.07) is 2.27. The minimum absolute atomic E-state index is 0.0370. The molecule has 0 aliphatic carbocycles. The molecular weight excluding hydrogens is 369 g/mol. The summed E-state index contributed by atoms with van der Waals surface area (Å²) < 4.78 is 15.8. The van der Waals surface area contributed by atoms with E-state index in [0.29, 0.717) is 24.2 Å². The second-order valence-corrected chi connectivity index (χ2v) is 5.52. The monoisotopic (exact) mass is 383 g/mol. The van der Waals surface area contributed by atoms with Gasteiger partial charge in [-0.1, -0.05) is 22.9 Å². The summed E-state index contributed by atoms with van der Waals surface area (Å²) in [7, 11) is 0. The minimum Gasteiger partial charge on any atom is -0.477 e. The molecule has 0 unspecified atom stereocenters. The molecule has 2 rings (SSSR count). The van der Waals surface area contributed by atoms with Gasteiger partial charge in [0.1, 0.15) is 11.4 Å². The number of carboxylic acids is 1. The summed E-state index contributed by atoms with van der Waals surface area (Å²) >= 11 is 3.00. The Balaban J connectivity index is 3.04. The molecule has 7 heteroatoms. The fourth-order valence-electron chi connectivity index (χ4n) is 2.75. The molecule has 2 aromatic rings. The van der Waals surface area contributed by atoms with E-state index in [1.54, 1.807) is 18.4 Å². The van der Waals surface area contributed by atoms with Gasteiger partial charge in [0.05, 0.1) is 16.4 Å². The molecule has 0 spiro atoms. The normalized spacial score (nSPS) is 11.0. The zero-order valence-electron chi connectivity index (χ0n) is 12.7. The average molecular weight is 384 g/mol. The first-order valence-corrected chi connectivity index (χ1v) is 8.20. The third kappa shape index (κ3) is 2.81. The van der Waals surface area contributed by atoms with Crippen LogP contribution in [0.2, 0.25) is 0 Å². The van der Waals surface area contributed by atoms with Gasteiger partial charge >= 0.3 is 5.97 Å². The van der Waals surface area contributed by atoms with Crippen LogP contribution in [0.25, 0.3) is 10.9 Å². The van der Waals surface area contributed by atoms with Crippen LogP contribution in [0.4, 0.5) is 4.39 Å². The number of pyridine rings is 1. The molecule has 1 N–H and O–H groups in total. The lowest BCUT2D eigenvalue weighted by Gasteiger charge is -2.17. The molecule has 0 amide bonds. The van der Waals surface area contributed by atoms with Gasteiger partial charge in [0.2, 0.25) is 5.43 Å².